The zero-order valence-electron chi connectivity index (χ0n) is 13.8. The summed E-state index contributed by atoms with van der Waals surface area (Å²) < 4.78 is 7.03. The van der Waals surface area contributed by atoms with E-state index in [9.17, 15) is 4.79 Å². The number of aromatic nitrogens is 3. The van der Waals surface area contributed by atoms with Crippen molar-refractivity contribution in [1.82, 2.24) is 14.8 Å². The predicted octanol–water partition coefficient (Wildman–Crippen LogP) is 3.78. The Morgan fingerprint density at radius 1 is 1.25 bits per heavy atom. The van der Waals surface area contributed by atoms with E-state index in [1.165, 1.54) is 10.9 Å². The van der Waals surface area contributed by atoms with Crippen molar-refractivity contribution in [2.75, 3.05) is 0 Å². The zero-order chi connectivity index (χ0) is 17.3. The molecule has 0 aliphatic carbocycles. The first-order valence-electron chi connectivity index (χ1n) is 7.61. The van der Waals surface area contributed by atoms with E-state index < -0.39 is 5.54 Å². The van der Waals surface area contributed by atoms with Crippen LogP contribution in [0, 0.1) is 0 Å². The summed E-state index contributed by atoms with van der Waals surface area (Å²) in [6.45, 7) is 5.95. The van der Waals surface area contributed by atoms with Gasteiger partial charge in [-0.2, -0.15) is 5.10 Å². The summed E-state index contributed by atoms with van der Waals surface area (Å²) in [5.41, 5.74) is 1.04. The van der Waals surface area contributed by atoms with Crippen LogP contribution in [0.5, 0.6) is 5.75 Å². The van der Waals surface area contributed by atoms with Crippen molar-refractivity contribution in [3.8, 4) is 5.75 Å². The first-order chi connectivity index (χ1) is 11.4. The molecule has 5 nitrogen and oxygen atoms in total. The normalized spacial score (nSPS) is 11.7. The van der Waals surface area contributed by atoms with E-state index >= 15 is 0 Å². The Bertz CT molecular complexity index is 945. The minimum Gasteiger partial charge on any atom is -0.485 e. The highest BCUT2D eigenvalue weighted by molar-refractivity contribution is 6.31. The third-order valence-electron chi connectivity index (χ3n) is 3.59. The topological polar surface area (TPSA) is 57.0 Å². The first kappa shape index (κ1) is 16.5. The Hall–Kier alpha value is -2.40. The van der Waals surface area contributed by atoms with E-state index in [1.807, 2.05) is 51.1 Å². The second-order valence-corrected chi connectivity index (χ2v) is 6.91. The minimum atomic E-state index is -0.441. The van der Waals surface area contributed by atoms with Crippen molar-refractivity contribution in [1.29, 1.82) is 0 Å². The maximum atomic E-state index is 12.3. The molecule has 0 saturated heterocycles. The molecule has 0 saturated carbocycles. The molecule has 0 fully saturated rings. The number of hydrogen-bond acceptors (Lipinski definition) is 4. The lowest BCUT2D eigenvalue weighted by molar-refractivity contribution is 0.292. The fourth-order valence-electron chi connectivity index (χ4n) is 2.36. The van der Waals surface area contributed by atoms with Crippen molar-refractivity contribution in [3.05, 3.63) is 63.7 Å². The Kier molecular flexibility index (Phi) is 4.28. The molecule has 0 aliphatic heterocycles. The first-order valence-corrected chi connectivity index (χ1v) is 7.99. The highest BCUT2D eigenvalue weighted by atomic mass is 35.5. The molecular formula is C18H18ClN3O2. The van der Waals surface area contributed by atoms with Crippen LogP contribution in [0.2, 0.25) is 5.02 Å². The molecule has 0 spiro atoms. The average molecular weight is 344 g/mol. The molecule has 0 radical (unpaired) electrons. The third-order valence-corrected chi connectivity index (χ3v) is 3.93. The molecule has 0 unspecified atom stereocenters. The quantitative estimate of drug-likeness (QED) is 0.726. The van der Waals surface area contributed by atoms with Gasteiger partial charge in [-0.05, 0) is 38.5 Å². The Morgan fingerprint density at radius 2 is 2.04 bits per heavy atom. The molecule has 0 amide bonds. The van der Waals surface area contributed by atoms with Crippen molar-refractivity contribution < 1.29 is 4.74 Å². The largest absolute Gasteiger partial charge is 0.485 e. The van der Waals surface area contributed by atoms with Crippen molar-refractivity contribution in [2.24, 2.45) is 0 Å². The van der Waals surface area contributed by atoms with Gasteiger partial charge >= 0.3 is 0 Å². The Balaban J connectivity index is 1.83. The van der Waals surface area contributed by atoms with Gasteiger partial charge in [0.2, 0.25) is 0 Å². The van der Waals surface area contributed by atoms with Gasteiger partial charge in [-0.3, -0.25) is 9.78 Å². The fraction of sp³-hybridized carbons (Fsp3) is 0.278. The van der Waals surface area contributed by atoms with Crippen LogP contribution >= 0.6 is 11.6 Å². The van der Waals surface area contributed by atoms with E-state index in [1.54, 1.807) is 6.20 Å². The lowest BCUT2D eigenvalue weighted by atomic mass is 10.1. The summed E-state index contributed by atoms with van der Waals surface area (Å²) in [6.07, 6.45) is 3.23. The van der Waals surface area contributed by atoms with E-state index in [0.717, 1.165) is 16.5 Å². The van der Waals surface area contributed by atoms with Crippen molar-refractivity contribution in [2.45, 2.75) is 32.9 Å². The molecule has 124 valence electrons. The van der Waals surface area contributed by atoms with Crippen molar-refractivity contribution >= 4 is 22.5 Å². The van der Waals surface area contributed by atoms with Gasteiger partial charge in [-0.1, -0.05) is 29.8 Å². The second-order valence-electron chi connectivity index (χ2n) is 6.53. The molecule has 3 rings (SSSR count). The molecule has 0 aliphatic rings. The van der Waals surface area contributed by atoms with Crippen LogP contribution in [-0.4, -0.2) is 14.8 Å². The number of pyridine rings is 1. The van der Waals surface area contributed by atoms with Crippen molar-refractivity contribution in [3.63, 3.8) is 0 Å². The summed E-state index contributed by atoms with van der Waals surface area (Å²) in [6, 6.07) is 9.79. The highest BCUT2D eigenvalue weighted by Gasteiger charge is 2.19. The monoisotopic (exact) mass is 343 g/mol. The molecule has 0 atom stereocenters. The molecule has 6 heteroatoms. The number of hydrogen-bond donors (Lipinski definition) is 0. The summed E-state index contributed by atoms with van der Waals surface area (Å²) in [5, 5.41) is 5.26. The maximum Gasteiger partial charge on any atom is 0.289 e. The molecule has 0 N–H and O–H groups in total. The predicted molar refractivity (Wildman–Crippen MR) is 94.6 cm³/mol. The molecule has 0 bridgehead atoms. The van der Waals surface area contributed by atoms with Gasteiger partial charge in [0.05, 0.1) is 17.3 Å². The number of ether oxygens (including phenoxy) is 1. The SMILES string of the molecule is CC(C)(C)n1ncc(OCc2ccc3cccnc3c2)c(Cl)c1=O. The number of rotatable bonds is 3. The molecule has 2 heterocycles. The molecule has 3 aromatic rings. The molecule has 24 heavy (non-hydrogen) atoms. The molecule has 1 aromatic carbocycles. The van der Waals surface area contributed by atoms with Crippen LogP contribution in [0.15, 0.2) is 47.5 Å². The Morgan fingerprint density at radius 3 is 2.79 bits per heavy atom. The number of benzene rings is 1. The van der Waals surface area contributed by atoms with Gasteiger partial charge in [-0.15, -0.1) is 0 Å². The summed E-state index contributed by atoms with van der Waals surface area (Å²) in [5.74, 6) is 0.281. The molecular weight excluding hydrogens is 326 g/mol. The fourth-order valence-corrected chi connectivity index (χ4v) is 2.54. The van der Waals surface area contributed by atoms with Crippen LogP contribution in [0.25, 0.3) is 10.9 Å². The lowest BCUT2D eigenvalue weighted by Crippen LogP contribution is -2.36. The summed E-state index contributed by atoms with van der Waals surface area (Å²) >= 11 is 6.16. The van der Waals surface area contributed by atoms with Gasteiger partial charge < -0.3 is 4.74 Å². The third kappa shape index (κ3) is 3.26. The van der Waals surface area contributed by atoms with Gasteiger partial charge in [0.25, 0.3) is 5.56 Å². The minimum absolute atomic E-state index is 0.0406. The zero-order valence-corrected chi connectivity index (χ0v) is 14.5. The summed E-state index contributed by atoms with van der Waals surface area (Å²) in [7, 11) is 0. The van der Waals surface area contributed by atoms with Gasteiger partial charge in [0.15, 0.2) is 10.8 Å². The smallest absolute Gasteiger partial charge is 0.289 e. The average Bonchev–Trinajstić information content (AvgIpc) is 2.55. The van der Waals surface area contributed by atoms with E-state index in [-0.39, 0.29) is 22.9 Å². The van der Waals surface area contributed by atoms with E-state index in [0.29, 0.717) is 0 Å². The summed E-state index contributed by atoms with van der Waals surface area (Å²) in [4.78, 5) is 16.6. The Labute approximate surface area is 144 Å². The highest BCUT2D eigenvalue weighted by Crippen LogP contribution is 2.22. The lowest BCUT2D eigenvalue weighted by Gasteiger charge is -2.21. The van der Waals surface area contributed by atoms with Gasteiger partial charge in [-0.25, -0.2) is 4.68 Å². The van der Waals surface area contributed by atoms with Crippen LogP contribution in [0.3, 0.4) is 0 Å². The van der Waals surface area contributed by atoms with Gasteiger partial charge in [0, 0.05) is 11.6 Å². The van der Waals surface area contributed by atoms with Crippen LogP contribution < -0.4 is 10.3 Å². The van der Waals surface area contributed by atoms with Crippen LogP contribution in [-0.2, 0) is 12.1 Å². The standard InChI is InChI=1S/C18H18ClN3O2/c1-18(2,3)22-17(23)16(19)15(10-21-22)24-11-12-6-7-13-5-4-8-20-14(13)9-12/h4-10H,11H2,1-3H3. The maximum absolute atomic E-state index is 12.3. The van der Waals surface area contributed by atoms with Crippen LogP contribution in [0.1, 0.15) is 26.3 Å². The number of nitrogens with zero attached hydrogens (tertiary/aromatic N) is 3. The number of halogens is 1. The van der Waals surface area contributed by atoms with Gasteiger partial charge in [0.1, 0.15) is 6.61 Å². The number of fused-ring (bicyclic) bond motifs is 1. The van der Waals surface area contributed by atoms with E-state index in [4.69, 9.17) is 16.3 Å². The molecule has 2 aromatic heterocycles. The van der Waals surface area contributed by atoms with E-state index in [2.05, 4.69) is 10.1 Å². The van der Waals surface area contributed by atoms with Crippen LogP contribution in [0.4, 0.5) is 0 Å². The second kappa shape index (κ2) is 6.24.